The van der Waals surface area contributed by atoms with E-state index in [4.69, 9.17) is 16.3 Å². The van der Waals surface area contributed by atoms with Gasteiger partial charge in [-0.15, -0.1) is 10.2 Å². The van der Waals surface area contributed by atoms with Crippen LogP contribution in [0.1, 0.15) is 12.5 Å². The van der Waals surface area contributed by atoms with Crippen LogP contribution in [0.4, 0.5) is 4.39 Å². The van der Waals surface area contributed by atoms with Gasteiger partial charge >= 0.3 is 0 Å². The second kappa shape index (κ2) is 9.32. The maximum Gasteiger partial charge on any atom is 0.196 e. The van der Waals surface area contributed by atoms with Crippen molar-refractivity contribution in [1.82, 2.24) is 14.8 Å². The molecule has 7 heteroatoms. The zero-order chi connectivity index (χ0) is 20.9. The number of rotatable bonds is 7. The molecule has 152 valence electrons. The Hall–Kier alpha value is -2.83. The fourth-order valence-electron chi connectivity index (χ4n) is 3.01. The first-order valence-electron chi connectivity index (χ1n) is 9.46. The summed E-state index contributed by atoms with van der Waals surface area (Å²) >= 11 is 7.55. The molecule has 0 fully saturated rings. The van der Waals surface area contributed by atoms with Crippen molar-refractivity contribution in [1.29, 1.82) is 0 Å². The van der Waals surface area contributed by atoms with Gasteiger partial charge in [0.1, 0.15) is 11.6 Å². The third kappa shape index (κ3) is 4.66. The predicted octanol–water partition coefficient (Wildman–Crippen LogP) is 6.42. The minimum Gasteiger partial charge on any atom is -0.494 e. The minimum absolute atomic E-state index is 0.247. The van der Waals surface area contributed by atoms with Gasteiger partial charge in [0.2, 0.25) is 0 Å². The smallest absolute Gasteiger partial charge is 0.196 e. The van der Waals surface area contributed by atoms with Crippen LogP contribution in [0.5, 0.6) is 5.75 Å². The lowest BCUT2D eigenvalue weighted by Crippen LogP contribution is -2.00. The zero-order valence-electron chi connectivity index (χ0n) is 16.3. The van der Waals surface area contributed by atoms with Crippen molar-refractivity contribution in [3.05, 3.63) is 89.2 Å². The number of nitrogens with zero attached hydrogens (tertiary/aromatic N) is 3. The Kier molecular flexibility index (Phi) is 6.35. The SMILES string of the molecule is CCOc1ccc(-n2c(SCc3cccc(F)c3)nnc2-c2ccc(Cl)cc2)cc1. The second-order valence-electron chi connectivity index (χ2n) is 6.49. The molecule has 0 unspecified atom stereocenters. The third-order valence-corrected chi connectivity index (χ3v) is 5.65. The molecule has 0 amide bonds. The quantitative estimate of drug-likeness (QED) is 0.311. The van der Waals surface area contributed by atoms with Crippen LogP contribution in [0, 0.1) is 5.82 Å². The van der Waals surface area contributed by atoms with Gasteiger partial charge < -0.3 is 4.74 Å². The average Bonchev–Trinajstić information content (AvgIpc) is 3.18. The number of aromatic nitrogens is 3. The van der Waals surface area contributed by atoms with Crippen molar-refractivity contribution < 1.29 is 9.13 Å². The summed E-state index contributed by atoms with van der Waals surface area (Å²) in [5.41, 5.74) is 2.70. The molecular weight excluding hydrogens is 421 g/mol. The number of benzene rings is 3. The summed E-state index contributed by atoms with van der Waals surface area (Å²) in [4.78, 5) is 0. The Morgan fingerprint density at radius 1 is 1.00 bits per heavy atom. The molecule has 0 bridgehead atoms. The van der Waals surface area contributed by atoms with Crippen molar-refractivity contribution in [3.8, 4) is 22.8 Å². The highest BCUT2D eigenvalue weighted by Crippen LogP contribution is 2.31. The molecule has 0 aliphatic carbocycles. The van der Waals surface area contributed by atoms with Gasteiger partial charge in [-0.3, -0.25) is 4.57 Å². The molecule has 3 aromatic carbocycles. The van der Waals surface area contributed by atoms with E-state index in [-0.39, 0.29) is 5.82 Å². The summed E-state index contributed by atoms with van der Waals surface area (Å²) in [6.07, 6.45) is 0. The molecule has 0 N–H and O–H groups in total. The highest BCUT2D eigenvalue weighted by Gasteiger charge is 2.16. The number of hydrogen-bond donors (Lipinski definition) is 0. The predicted molar refractivity (Wildman–Crippen MR) is 119 cm³/mol. The van der Waals surface area contributed by atoms with Crippen LogP contribution < -0.4 is 4.74 Å². The summed E-state index contributed by atoms with van der Waals surface area (Å²) in [5, 5.41) is 10.2. The number of ether oxygens (including phenoxy) is 1. The molecule has 0 aliphatic rings. The Balaban J connectivity index is 1.71. The first kappa shape index (κ1) is 20.4. The summed E-state index contributed by atoms with van der Waals surface area (Å²) in [5.74, 6) is 1.84. The lowest BCUT2D eigenvalue weighted by molar-refractivity contribution is 0.340. The van der Waals surface area contributed by atoms with Crippen LogP contribution >= 0.6 is 23.4 Å². The van der Waals surface area contributed by atoms with Gasteiger partial charge in [-0.2, -0.15) is 0 Å². The first-order chi connectivity index (χ1) is 14.6. The molecule has 0 atom stereocenters. The van der Waals surface area contributed by atoms with Crippen LogP contribution in [0.3, 0.4) is 0 Å². The van der Waals surface area contributed by atoms with Crippen molar-refractivity contribution in [2.75, 3.05) is 6.61 Å². The standard InChI is InChI=1S/C23H19ClFN3OS/c1-2-29-21-12-10-20(11-13-21)28-22(17-6-8-18(24)9-7-17)26-27-23(28)30-15-16-4-3-5-19(25)14-16/h3-14H,2,15H2,1H3. The monoisotopic (exact) mass is 439 g/mol. The maximum atomic E-state index is 13.5. The molecule has 30 heavy (non-hydrogen) atoms. The first-order valence-corrected chi connectivity index (χ1v) is 10.8. The van der Waals surface area contributed by atoms with Gasteiger partial charge in [0.05, 0.1) is 6.61 Å². The molecule has 0 saturated heterocycles. The topological polar surface area (TPSA) is 39.9 Å². The minimum atomic E-state index is -0.247. The number of thioether (sulfide) groups is 1. The van der Waals surface area contributed by atoms with E-state index in [1.807, 2.05) is 66.1 Å². The fraction of sp³-hybridized carbons (Fsp3) is 0.130. The van der Waals surface area contributed by atoms with Gasteiger partial charge in [0, 0.05) is 22.0 Å². The molecule has 0 radical (unpaired) electrons. The molecule has 0 spiro atoms. The molecule has 4 nitrogen and oxygen atoms in total. The van der Waals surface area contributed by atoms with Crippen LogP contribution in [0.2, 0.25) is 5.02 Å². The van der Waals surface area contributed by atoms with Gasteiger partial charge in [-0.1, -0.05) is 35.5 Å². The molecule has 0 aliphatic heterocycles. The summed E-state index contributed by atoms with van der Waals surface area (Å²) < 4.78 is 21.1. The average molecular weight is 440 g/mol. The van der Waals surface area contributed by atoms with Crippen molar-refractivity contribution >= 4 is 23.4 Å². The summed E-state index contributed by atoms with van der Waals surface area (Å²) in [6.45, 7) is 2.56. The lowest BCUT2D eigenvalue weighted by Gasteiger charge is -2.12. The van der Waals surface area contributed by atoms with Gasteiger partial charge in [-0.25, -0.2) is 4.39 Å². The van der Waals surface area contributed by atoms with Crippen LogP contribution in [-0.2, 0) is 5.75 Å². The van der Waals surface area contributed by atoms with Crippen molar-refractivity contribution in [3.63, 3.8) is 0 Å². The van der Waals surface area contributed by atoms with Gasteiger partial charge in [0.15, 0.2) is 11.0 Å². The van der Waals surface area contributed by atoms with E-state index in [1.165, 1.54) is 23.9 Å². The van der Waals surface area contributed by atoms with Crippen molar-refractivity contribution in [2.24, 2.45) is 0 Å². The van der Waals surface area contributed by atoms with E-state index in [9.17, 15) is 4.39 Å². The third-order valence-electron chi connectivity index (χ3n) is 4.40. The van der Waals surface area contributed by atoms with Crippen LogP contribution in [0.25, 0.3) is 17.1 Å². The Morgan fingerprint density at radius 2 is 1.77 bits per heavy atom. The van der Waals surface area contributed by atoms with Crippen LogP contribution in [0.15, 0.2) is 78.0 Å². The molecule has 4 rings (SSSR count). The molecule has 0 saturated carbocycles. The van der Waals surface area contributed by atoms with E-state index in [0.29, 0.717) is 28.4 Å². The Bertz CT molecular complexity index is 1130. The van der Waals surface area contributed by atoms with E-state index >= 15 is 0 Å². The molecular formula is C23H19ClFN3OS. The molecule has 4 aromatic rings. The highest BCUT2D eigenvalue weighted by molar-refractivity contribution is 7.98. The Morgan fingerprint density at radius 3 is 2.47 bits per heavy atom. The summed E-state index contributed by atoms with van der Waals surface area (Å²) in [7, 11) is 0. The van der Waals surface area contributed by atoms with E-state index in [1.54, 1.807) is 6.07 Å². The zero-order valence-corrected chi connectivity index (χ0v) is 17.8. The number of halogens is 2. The van der Waals surface area contributed by atoms with E-state index in [0.717, 1.165) is 22.6 Å². The van der Waals surface area contributed by atoms with Gasteiger partial charge in [0.25, 0.3) is 0 Å². The lowest BCUT2D eigenvalue weighted by atomic mass is 10.2. The summed E-state index contributed by atoms with van der Waals surface area (Å²) in [6, 6.07) is 21.9. The van der Waals surface area contributed by atoms with Gasteiger partial charge in [-0.05, 0) is 73.2 Å². The molecule has 1 aromatic heterocycles. The Labute approximate surface area is 183 Å². The number of hydrogen-bond acceptors (Lipinski definition) is 4. The second-order valence-corrected chi connectivity index (χ2v) is 7.87. The van der Waals surface area contributed by atoms with Crippen molar-refractivity contribution in [2.45, 2.75) is 17.8 Å². The van der Waals surface area contributed by atoms with Crippen LogP contribution in [-0.4, -0.2) is 21.4 Å². The largest absolute Gasteiger partial charge is 0.494 e. The van der Waals surface area contributed by atoms with E-state index < -0.39 is 0 Å². The van der Waals surface area contributed by atoms with E-state index in [2.05, 4.69) is 10.2 Å². The normalized spacial score (nSPS) is 10.9. The maximum absolute atomic E-state index is 13.5. The fourth-order valence-corrected chi connectivity index (χ4v) is 4.04. The molecule has 1 heterocycles. The highest BCUT2D eigenvalue weighted by atomic mass is 35.5.